The van der Waals surface area contributed by atoms with Crippen molar-refractivity contribution in [1.82, 2.24) is 9.88 Å². The van der Waals surface area contributed by atoms with Crippen LogP contribution in [0.25, 0.3) is 11.1 Å². The number of anilines is 1. The number of H-pyrrole nitrogens is 1. The van der Waals surface area contributed by atoms with E-state index in [1.807, 2.05) is 35.2 Å². The van der Waals surface area contributed by atoms with Crippen molar-refractivity contribution in [3.05, 3.63) is 52.5 Å². The molecule has 1 amide bonds. The van der Waals surface area contributed by atoms with Gasteiger partial charge in [-0.25, -0.2) is 4.79 Å². The second-order valence-corrected chi connectivity index (χ2v) is 6.93. The molecule has 1 aromatic heterocycles. The Morgan fingerprint density at radius 3 is 2.52 bits per heavy atom. The van der Waals surface area contributed by atoms with E-state index in [0.717, 1.165) is 24.3 Å². The second kappa shape index (κ2) is 7.90. The Hall–Kier alpha value is -3.42. The molecule has 152 valence electrons. The fourth-order valence-electron chi connectivity index (χ4n) is 3.63. The topological polar surface area (TPSA) is 88.0 Å². The number of nitrogens with one attached hydrogen (secondary N) is 1. The Morgan fingerprint density at radius 1 is 1.03 bits per heavy atom. The highest BCUT2D eigenvalue weighted by Crippen LogP contribution is 2.28. The van der Waals surface area contributed by atoms with Gasteiger partial charge in [-0.15, -0.1) is 0 Å². The van der Waals surface area contributed by atoms with Gasteiger partial charge in [0.1, 0.15) is 0 Å². The maximum Gasteiger partial charge on any atom is 0.417 e. The summed E-state index contributed by atoms with van der Waals surface area (Å²) < 4.78 is 15.6. The van der Waals surface area contributed by atoms with E-state index < -0.39 is 5.76 Å². The summed E-state index contributed by atoms with van der Waals surface area (Å²) in [6.07, 6.45) is 0.322. The lowest BCUT2D eigenvalue weighted by Gasteiger charge is -2.36. The van der Waals surface area contributed by atoms with E-state index in [9.17, 15) is 9.59 Å². The molecule has 1 aliphatic rings. The van der Waals surface area contributed by atoms with Crippen molar-refractivity contribution in [3.63, 3.8) is 0 Å². The molecule has 1 aliphatic heterocycles. The molecule has 4 rings (SSSR count). The van der Waals surface area contributed by atoms with Gasteiger partial charge in [0.2, 0.25) is 5.91 Å². The van der Waals surface area contributed by atoms with Crippen molar-refractivity contribution >= 4 is 22.7 Å². The third kappa shape index (κ3) is 3.91. The van der Waals surface area contributed by atoms with Crippen LogP contribution in [-0.2, 0) is 11.2 Å². The Balaban J connectivity index is 1.38. The number of nitrogens with zero attached hydrogens (tertiary/aromatic N) is 2. The number of benzene rings is 2. The number of carbonyl (C=O) groups excluding carboxylic acids is 1. The van der Waals surface area contributed by atoms with Gasteiger partial charge >= 0.3 is 5.76 Å². The SMILES string of the molecule is COc1ccc(CC(=O)N2CCN(c3ccc4oc(=O)[nH]c4c3)CC2)cc1OC. The number of ether oxygens (including phenoxy) is 2. The molecule has 8 nitrogen and oxygen atoms in total. The summed E-state index contributed by atoms with van der Waals surface area (Å²) in [5, 5.41) is 0. The number of aromatic amines is 1. The van der Waals surface area contributed by atoms with Crippen molar-refractivity contribution in [2.24, 2.45) is 0 Å². The van der Waals surface area contributed by atoms with Crippen LogP contribution < -0.4 is 20.1 Å². The fraction of sp³-hybridized carbons (Fsp3) is 0.333. The molecule has 2 aromatic carbocycles. The number of carbonyl (C=O) groups is 1. The summed E-state index contributed by atoms with van der Waals surface area (Å²) in [5.41, 5.74) is 3.12. The van der Waals surface area contributed by atoms with Gasteiger partial charge in [-0.3, -0.25) is 9.78 Å². The van der Waals surface area contributed by atoms with Crippen molar-refractivity contribution in [2.45, 2.75) is 6.42 Å². The lowest BCUT2D eigenvalue weighted by molar-refractivity contribution is -0.130. The maximum atomic E-state index is 12.7. The van der Waals surface area contributed by atoms with Gasteiger partial charge in [0.05, 0.1) is 26.2 Å². The van der Waals surface area contributed by atoms with Crippen molar-refractivity contribution in [3.8, 4) is 11.5 Å². The molecular formula is C21H23N3O5. The third-order valence-electron chi connectivity index (χ3n) is 5.20. The summed E-state index contributed by atoms with van der Waals surface area (Å²) in [6, 6.07) is 11.2. The number of piperazine rings is 1. The minimum atomic E-state index is -0.456. The average molecular weight is 397 g/mol. The number of aromatic nitrogens is 1. The smallest absolute Gasteiger partial charge is 0.417 e. The predicted molar refractivity (Wildman–Crippen MR) is 109 cm³/mol. The van der Waals surface area contributed by atoms with Gasteiger partial charge in [-0.05, 0) is 35.9 Å². The van der Waals surface area contributed by atoms with Gasteiger partial charge in [0, 0.05) is 31.9 Å². The fourth-order valence-corrected chi connectivity index (χ4v) is 3.63. The van der Waals surface area contributed by atoms with Gasteiger partial charge in [-0.2, -0.15) is 0 Å². The zero-order valence-electron chi connectivity index (χ0n) is 16.4. The van der Waals surface area contributed by atoms with E-state index in [1.165, 1.54) is 0 Å². The number of methoxy groups -OCH3 is 2. The van der Waals surface area contributed by atoms with Crippen molar-refractivity contribution in [2.75, 3.05) is 45.3 Å². The first-order chi connectivity index (χ1) is 14.1. The van der Waals surface area contributed by atoms with Crippen LogP contribution in [0, 0.1) is 0 Å². The van der Waals surface area contributed by atoms with E-state index in [-0.39, 0.29) is 5.91 Å². The van der Waals surface area contributed by atoms with Gasteiger partial charge in [-0.1, -0.05) is 6.07 Å². The largest absolute Gasteiger partial charge is 0.493 e. The van der Waals surface area contributed by atoms with Crippen molar-refractivity contribution < 1.29 is 18.7 Å². The van der Waals surface area contributed by atoms with Crippen LogP contribution in [0.15, 0.2) is 45.6 Å². The minimum Gasteiger partial charge on any atom is -0.493 e. The number of hydrogen-bond donors (Lipinski definition) is 1. The highest BCUT2D eigenvalue weighted by Gasteiger charge is 2.22. The van der Waals surface area contributed by atoms with E-state index in [0.29, 0.717) is 42.1 Å². The monoisotopic (exact) mass is 397 g/mol. The summed E-state index contributed by atoms with van der Waals surface area (Å²) in [6.45, 7) is 2.74. The highest BCUT2D eigenvalue weighted by atomic mass is 16.5. The van der Waals surface area contributed by atoms with Crippen LogP contribution in [0.1, 0.15) is 5.56 Å². The number of hydrogen-bond acceptors (Lipinski definition) is 6. The zero-order chi connectivity index (χ0) is 20.4. The molecule has 3 aromatic rings. The molecule has 1 saturated heterocycles. The molecule has 1 N–H and O–H groups in total. The molecule has 0 atom stereocenters. The Morgan fingerprint density at radius 2 is 1.79 bits per heavy atom. The predicted octanol–water partition coefficient (Wildman–Crippen LogP) is 2.03. The summed E-state index contributed by atoms with van der Waals surface area (Å²) in [7, 11) is 3.17. The number of fused-ring (bicyclic) bond motifs is 1. The molecule has 0 radical (unpaired) electrons. The maximum absolute atomic E-state index is 12.7. The second-order valence-electron chi connectivity index (χ2n) is 6.93. The van der Waals surface area contributed by atoms with Crippen LogP contribution in [0.2, 0.25) is 0 Å². The van der Waals surface area contributed by atoms with E-state index in [1.54, 1.807) is 20.3 Å². The first-order valence-corrected chi connectivity index (χ1v) is 9.44. The summed E-state index contributed by atoms with van der Waals surface area (Å²) >= 11 is 0. The molecule has 0 saturated carbocycles. The van der Waals surface area contributed by atoms with Gasteiger partial charge < -0.3 is 23.7 Å². The standard InChI is InChI=1S/C21H23N3O5/c1-27-18-5-3-14(11-19(18)28-2)12-20(25)24-9-7-23(8-10-24)15-4-6-17-16(13-15)22-21(26)29-17/h3-6,11,13H,7-10,12H2,1-2H3,(H,22,26). The third-order valence-corrected chi connectivity index (χ3v) is 5.20. The number of amides is 1. The quantitative estimate of drug-likeness (QED) is 0.709. The normalized spacial score (nSPS) is 14.3. The van der Waals surface area contributed by atoms with Crippen LogP contribution in [-0.4, -0.2) is 56.2 Å². The molecule has 29 heavy (non-hydrogen) atoms. The van der Waals surface area contributed by atoms with Gasteiger partial charge in [0.25, 0.3) is 0 Å². The van der Waals surface area contributed by atoms with Crippen LogP contribution in [0.3, 0.4) is 0 Å². The molecule has 0 spiro atoms. The molecule has 1 fully saturated rings. The van der Waals surface area contributed by atoms with Crippen LogP contribution in [0.4, 0.5) is 5.69 Å². The lowest BCUT2D eigenvalue weighted by Crippen LogP contribution is -2.49. The molecule has 0 aliphatic carbocycles. The highest BCUT2D eigenvalue weighted by molar-refractivity contribution is 5.80. The summed E-state index contributed by atoms with van der Waals surface area (Å²) in [5.74, 6) is 0.901. The summed E-state index contributed by atoms with van der Waals surface area (Å²) in [4.78, 5) is 30.8. The Kier molecular flexibility index (Phi) is 5.16. The zero-order valence-corrected chi connectivity index (χ0v) is 16.4. The minimum absolute atomic E-state index is 0.0893. The molecule has 8 heteroatoms. The van der Waals surface area contributed by atoms with E-state index >= 15 is 0 Å². The van der Waals surface area contributed by atoms with E-state index in [4.69, 9.17) is 13.9 Å². The molecule has 0 unspecified atom stereocenters. The first kappa shape index (κ1) is 18.9. The molecular weight excluding hydrogens is 374 g/mol. The van der Waals surface area contributed by atoms with Gasteiger partial charge in [0.15, 0.2) is 17.1 Å². The lowest BCUT2D eigenvalue weighted by atomic mass is 10.1. The molecule has 0 bridgehead atoms. The Labute approximate surface area is 167 Å². The average Bonchev–Trinajstić information content (AvgIpc) is 3.12. The van der Waals surface area contributed by atoms with E-state index in [2.05, 4.69) is 9.88 Å². The van der Waals surface area contributed by atoms with Crippen LogP contribution in [0.5, 0.6) is 11.5 Å². The number of rotatable bonds is 5. The molecule has 2 heterocycles. The number of oxazole rings is 1. The van der Waals surface area contributed by atoms with Crippen molar-refractivity contribution in [1.29, 1.82) is 0 Å². The van der Waals surface area contributed by atoms with Crippen LogP contribution >= 0.6 is 0 Å². The first-order valence-electron chi connectivity index (χ1n) is 9.44. The Bertz CT molecular complexity index is 1080.